The molecule has 1 aromatic carbocycles. The molecule has 0 saturated heterocycles. The highest BCUT2D eigenvalue weighted by atomic mass is 15.3. The molecule has 1 heterocycles. The van der Waals surface area contributed by atoms with Gasteiger partial charge in [0, 0.05) is 13.2 Å². The van der Waals surface area contributed by atoms with Crippen LogP contribution in [0.15, 0.2) is 30.5 Å². The Labute approximate surface area is 114 Å². The zero-order valence-corrected chi connectivity index (χ0v) is 11.7. The molecule has 1 aliphatic rings. The molecule has 0 radical (unpaired) electrons. The number of aryl methyl sites for hydroxylation is 3. The average molecular weight is 255 g/mol. The standard InChI is InChI=1S/C16H21N3/c1-3-17-16(15-9-10-18-19(15)2)14-8-7-12-5-4-6-13(12)11-14/h7-11,16-17H,3-6H2,1-2H3. The lowest BCUT2D eigenvalue weighted by atomic mass is 9.99. The van der Waals surface area contributed by atoms with E-state index >= 15 is 0 Å². The maximum absolute atomic E-state index is 4.29. The van der Waals surface area contributed by atoms with Gasteiger partial charge in [-0.05, 0) is 48.6 Å². The molecule has 0 spiro atoms. The number of fused-ring (bicyclic) bond motifs is 1. The normalized spacial score (nSPS) is 15.5. The molecule has 19 heavy (non-hydrogen) atoms. The predicted molar refractivity (Wildman–Crippen MR) is 77.2 cm³/mol. The van der Waals surface area contributed by atoms with E-state index in [1.165, 1.54) is 41.6 Å². The van der Waals surface area contributed by atoms with Crippen LogP contribution in [0.4, 0.5) is 0 Å². The van der Waals surface area contributed by atoms with Crippen molar-refractivity contribution in [3.05, 3.63) is 52.8 Å². The average Bonchev–Trinajstić information content (AvgIpc) is 3.03. The molecule has 2 aromatic rings. The topological polar surface area (TPSA) is 29.9 Å². The third-order valence-electron chi connectivity index (χ3n) is 4.02. The minimum atomic E-state index is 0.239. The van der Waals surface area contributed by atoms with Crippen LogP contribution in [-0.4, -0.2) is 16.3 Å². The molecular weight excluding hydrogens is 234 g/mol. The lowest BCUT2D eigenvalue weighted by molar-refractivity contribution is 0.572. The first-order valence-corrected chi connectivity index (χ1v) is 7.12. The summed E-state index contributed by atoms with van der Waals surface area (Å²) < 4.78 is 1.96. The van der Waals surface area contributed by atoms with Crippen molar-refractivity contribution in [2.45, 2.75) is 32.2 Å². The van der Waals surface area contributed by atoms with Crippen LogP contribution in [0.1, 0.15) is 41.8 Å². The SMILES string of the molecule is CCNC(c1ccc2c(c1)CCC2)c1ccnn1C. The maximum atomic E-state index is 4.29. The van der Waals surface area contributed by atoms with Crippen LogP contribution in [0.3, 0.4) is 0 Å². The fourth-order valence-corrected chi connectivity index (χ4v) is 3.04. The van der Waals surface area contributed by atoms with Crippen LogP contribution >= 0.6 is 0 Å². The quantitative estimate of drug-likeness (QED) is 0.910. The summed E-state index contributed by atoms with van der Waals surface area (Å²) in [5, 5.41) is 7.87. The molecule has 100 valence electrons. The van der Waals surface area contributed by atoms with Crippen molar-refractivity contribution in [2.24, 2.45) is 7.05 Å². The third-order valence-corrected chi connectivity index (χ3v) is 4.02. The van der Waals surface area contributed by atoms with Crippen molar-refractivity contribution < 1.29 is 0 Å². The lowest BCUT2D eigenvalue weighted by Crippen LogP contribution is -2.24. The van der Waals surface area contributed by atoms with Crippen molar-refractivity contribution in [1.29, 1.82) is 0 Å². The first-order valence-electron chi connectivity index (χ1n) is 7.12. The molecule has 1 unspecified atom stereocenters. The van der Waals surface area contributed by atoms with E-state index in [1.807, 2.05) is 17.9 Å². The summed E-state index contributed by atoms with van der Waals surface area (Å²) in [7, 11) is 2.01. The number of aromatic nitrogens is 2. The highest BCUT2D eigenvalue weighted by Gasteiger charge is 2.19. The molecule has 0 bridgehead atoms. The summed E-state index contributed by atoms with van der Waals surface area (Å²) in [4.78, 5) is 0. The second kappa shape index (κ2) is 5.17. The molecule has 1 atom stereocenters. The number of hydrogen-bond acceptors (Lipinski definition) is 2. The molecule has 1 N–H and O–H groups in total. The van der Waals surface area contributed by atoms with E-state index in [2.05, 4.69) is 41.6 Å². The first kappa shape index (κ1) is 12.4. The summed E-state index contributed by atoms with van der Waals surface area (Å²) >= 11 is 0. The van der Waals surface area contributed by atoms with Gasteiger partial charge in [-0.2, -0.15) is 5.10 Å². The molecule has 3 heteroatoms. The summed E-state index contributed by atoms with van der Waals surface area (Å²) in [6.07, 6.45) is 5.64. The number of hydrogen-bond donors (Lipinski definition) is 1. The van der Waals surface area contributed by atoms with Crippen molar-refractivity contribution in [3.8, 4) is 0 Å². The van der Waals surface area contributed by atoms with Crippen LogP contribution in [0, 0.1) is 0 Å². The summed E-state index contributed by atoms with van der Waals surface area (Å²) in [5.41, 5.74) is 5.64. The van der Waals surface area contributed by atoms with Gasteiger partial charge < -0.3 is 5.32 Å². The van der Waals surface area contributed by atoms with Crippen molar-refractivity contribution >= 4 is 0 Å². The maximum Gasteiger partial charge on any atom is 0.0748 e. The zero-order valence-electron chi connectivity index (χ0n) is 11.7. The summed E-state index contributed by atoms with van der Waals surface area (Å²) in [5.74, 6) is 0. The number of benzene rings is 1. The van der Waals surface area contributed by atoms with Crippen LogP contribution < -0.4 is 5.32 Å². The first-order chi connectivity index (χ1) is 9.29. The molecular formula is C16H21N3. The smallest absolute Gasteiger partial charge is 0.0748 e. The Hall–Kier alpha value is -1.61. The Morgan fingerprint density at radius 1 is 1.26 bits per heavy atom. The second-order valence-electron chi connectivity index (χ2n) is 5.25. The van der Waals surface area contributed by atoms with E-state index in [0.717, 1.165) is 6.54 Å². The molecule has 0 saturated carbocycles. The van der Waals surface area contributed by atoms with Crippen LogP contribution in [0.25, 0.3) is 0 Å². The minimum Gasteiger partial charge on any atom is -0.305 e. The van der Waals surface area contributed by atoms with Crippen LogP contribution in [0.2, 0.25) is 0 Å². The third kappa shape index (κ3) is 2.30. The monoisotopic (exact) mass is 255 g/mol. The van der Waals surface area contributed by atoms with Gasteiger partial charge in [0.2, 0.25) is 0 Å². The molecule has 0 amide bonds. The van der Waals surface area contributed by atoms with Gasteiger partial charge in [-0.3, -0.25) is 4.68 Å². The van der Waals surface area contributed by atoms with Crippen molar-refractivity contribution in [2.75, 3.05) is 6.54 Å². The van der Waals surface area contributed by atoms with E-state index in [4.69, 9.17) is 0 Å². The highest BCUT2D eigenvalue weighted by Crippen LogP contribution is 2.28. The van der Waals surface area contributed by atoms with E-state index in [-0.39, 0.29) is 6.04 Å². The largest absolute Gasteiger partial charge is 0.305 e. The van der Waals surface area contributed by atoms with Crippen LogP contribution in [0.5, 0.6) is 0 Å². The highest BCUT2D eigenvalue weighted by molar-refractivity contribution is 5.38. The zero-order chi connectivity index (χ0) is 13.2. The van der Waals surface area contributed by atoms with Crippen molar-refractivity contribution in [3.63, 3.8) is 0 Å². The van der Waals surface area contributed by atoms with Gasteiger partial charge in [-0.1, -0.05) is 25.1 Å². The Kier molecular flexibility index (Phi) is 3.38. The second-order valence-corrected chi connectivity index (χ2v) is 5.25. The Bertz CT molecular complexity index is 571. The number of nitrogens with one attached hydrogen (secondary N) is 1. The van der Waals surface area contributed by atoms with Crippen molar-refractivity contribution in [1.82, 2.24) is 15.1 Å². The van der Waals surface area contributed by atoms with Gasteiger partial charge in [0.1, 0.15) is 0 Å². The Morgan fingerprint density at radius 2 is 2.11 bits per heavy atom. The van der Waals surface area contributed by atoms with Gasteiger partial charge in [0.05, 0.1) is 11.7 Å². The van der Waals surface area contributed by atoms with E-state index in [0.29, 0.717) is 0 Å². The number of rotatable bonds is 4. The Morgan fingerprint density at radius 3 is 2.84 bits per heavy atom. The van der Waals surface area contributed by atoms with Crippen LogP contribution in [-0.2, 0) is 19.9 Å². The van der Waals surface area contributed by atoms with E-state index in [9.17, 15) is 0 Å². The van der Waals surface area contributed by atoms with Gasteiger partial charge >= 0.3 is 0 Å². The molecule has 3 rings (SSSR count). The Balaban J connectivity index is 1.98. The predicted octanol–water partition coefficient (Wildman–Crippen LogP) is 2.61. The van der Waals surface area contributed by atoms with Gasteiger partial charge in [0.25, 0.3) is 0 Å². The summed E-state index contributed by atoms with van der Waals surface area (Å²) in [6.45, 7) is 3.10. The van der Waals surface area contributed by atoms with Gasteiger partial charge in [0.15, 0.2) is 0 Å². The fraction of sp³-hybridized carbons (Fsp3) is 0.438. The minimum absolute atomic E-state index is 0.239. The fourth-order valence-electron chi connectivity index (χ4n) is 3.04. The molecule has 1 aliphatic carbocycles. The summed E-state index contributed by atoms with van der Waals surface area (Å²) in [6, 6.07) is 9.29. The van der Waals surface area contributed by atoms with Gasteiger partial charge in [-0.25, -0.2) is 0 Å². The van der Waals surface area contributed by atoms with Gasteiger partial charge in [-0.15, -0.1) is 0 Å². The molecule has 0 fully saturated rings. The molecule has 3 nitrogen and oxygen atoms in total. The van der Waals surface area contributed by atoms with E-state index in [1.54, 1.807) is 0 Å². The molecule has 1 aromatic heterocycles. The lowest BCUT2D eigenvalue weighted by Gasteiger charge is -2.19. The molecule has 0 aliphatic heterocycles. The van der Waals surface area contributed by atoms with E-state index < -0.39 is 0 Å². The number of nitrogens with zero attached hydrogens (tertiary/aromatic N) is 2.